The Labute approximate surface area is 138 Å². The quantitative estimate of drug-likeness (QED) is 0.737. The molecule has 0 heterocycles. The summed E-state index contributed by atoms with van der Waals surface area (Å²) in [5, 5.41) is 8.69. The van der Waals surface area contributed by atoms with Crippen LogP contribution in [0.5, 0.6) is 0 Å². The number of nitriles is 1. The van der Waals surface area contributed by atoms with Crippen molar-refractivity contribution in [1.29, 1.82) is 5.26 Å². The first kappa shape index (κ1) is 18.6. The standard InChI is InChI=1S/C18H26N2OS/c1-14(2)20(12-6-11-19)17(21)13-22-16-9-7-15(8-10-16)18(3,4)5/h7-10,14H,6,12-13H2,1-5H3. The molecule has 0 aromatic heterocycles. The maximum absolute atomic E-state index is 12.3. The fraction of sp³-hybridized carbons (Fsp3) is 0.556. The fourth-order valence-electron chi connectivity index (χ4n) is 2.12. The van der Waals surface area contributed by atoms with Crippen LogP contribution in [0.15, 0.2) is 29.2 Å². The molecule has 0 N–H and O–H groups in total. The third kappa shape index (κ3) is 5.73. The number of rotatable bonds is 6. The highest BCUT2D eigenvalue weighted by molar-refractivity contribution is 8.00. The van der Waals surface area contributed by atoms with Crippen LogP contribution in [-0.2, 0) is 10.2 Å². The molecular formula is C18H26N2OS. The van der Waals surface area contributed by atoms with Gasteiger partial charge in [-0.15, -0.1) is 11.8 Å². The summed E-state index contributed by atoms with van der Waals surface area (Å²) < 4.78 is 0. The molecule has 0 unspecified atom stereocenters. The molecule has 0 aliphatic rings. The zero-order valence-corrected chi connectivity index (χ0v) is 15.0. The highest BCUT2D eigenvalue weighted by atomic mass is 32.2. The molecule has 0 saturated heterocycles. The summed E-state index contributed by atoms with van der Waals surface area (Å²) in [5.74, 6) is 0.508. The van der Waals surface area contributed by atoms with Crippen molar-refractivity contribution in [3.63, 3.8) is 0 Å². The van der Waals surface area contributed by atoms with Gasteiger partial charge in [0.25, 0.3) is 0 Å². The zero-order valence-electron chi connectivity index (χ0n) is 14.2. The maximum atomic E-state index is 12.3. The Kier molecular flexibility index (Phi) is 6.96. The molecule has 0 fully saturated rings. The molecule has 0 radical (unpaired) electrons. The van der Waals surface area contributed by atoms with Crippen LogP contribution in [0, 0.1) is 11.3 Å². The molecular weight excluding hydrogens is 292 g/mol. The highest BCUT2D eigenvalue weighted by Crippen LogP contribution is 2.25. The first-order valence-corrected chi connectivity index (χ1v) is 8.64. The van der Waals surface area contributed by atoms with Crippen LogP contribution in [0.3, 0.4) is 0 Å². The van der Waals surface area contributed by atoms with Crippen molar-refractivity contribution < 1.29 is 4.79 Å². The number of nitrogens with zero attached hydrogens (tertiary/aromatic N) is 2. The van der Waals surface area contributed by atoms with E-state index in [1.807, 2.05) is 13.8 Å². The second kappa shape index (κ2) is 8.24. The summed E-state index contributed by atoms with van der Waals surface area (Å²) in [6, 6.07) is 10.6. The van der Waals surface area contributed by atoms with E-state index in [-0.39, 0.29) is 17.4 Å². The predicted molar refractivity (Wildman–Crippen MR) is 92.9 cm³/mol. The van der Waals surface area contributed by atoms with Crippen LogP contribution in [0.1, 0.15) is 46.6 Å². The van der Waals surface area contributed by atoms with Gasteiger partial charge in [-0.25, -0.2) is 0 Å². The van der Waals surface area contributed by atoms with E-state index in [0.717, 1.165) is 4.90 Å². The van der Waals surface area contributed by atoms with Crippen molar-refractivity contribution in [1.82, 2.24) is 4.90 Å². The van der Waals surface area contributed by atoms with Gasteiger partial charge < -0.3 is 4.90 Å². The van der Waals surface area contributed by atoms with Crippen molar-refractivity contribution in [3.8, 4) is 6.07 Å². The molecule has 4 heteroatoms. The smallest absolute Gasteiger partial charge is 0.233 e. The summed E-state index contributed by atoms with van der Waals surface area (Å²) in [7, 11) is 0. The number of hydrogen-bond acceptors (Lipinski definition) is 3. The van der Waals surface area contributed by atoms with Crippen molar-refractivity contribution in [2.24, 2.45) is 0 Å². The van der Waals surface area contributed by atoms with Gasteiger partial charge in [-0.2, -0.15) is 5.26 Å². The SMILES string of the molecule is CC(C)N(CCC#N)C(=O)CSc1ccc(C(C)(C)C)cc1. The topological polar surface area (TPSA) is 44.1 Å². The van der Waals surface area contributed by atoms with Crippen molar-refractivity contribution >= 4 is 17.7 Å². The Hall–Kier alpha value is -1.47. The summed E-state index contributed by atoms with van der Waals surface area (Å²) in [6.45, 7) is 11.0. The number of benzene rings is 1. The van der Waals surface area contributed by atoms with E-state index in [9.17, 15) is 4.79 Å². The lowest BCUT2D eigenvalue weighted by Crippen LogP contribution is -2.38. The molecule has 1 amide bonds. The first-order valence-electron chi connectivity index (χ1n) is 7.65. The van der Waals surface area contributed by atoms with Gasteiger partial charge in [0.05, 0.1) is 18.2 Å². The summed E-state index contributed by atoms with van der Waals surface area (Å²) >= 11 is 1.55. The molecule has 22 heavy (non-hydrogen) atoms. The lowest BCUT2D eigenvalue weighted by Gasteiger charge is -2.25. The fourth-order valence-corrected chi connectivity index (χ4v) is 2.90. The van der Waals surface area contributed by atoms with Crippen molar-refractivity contribution in [2.75, 3.05) is 12.3 Å². The van der Waals surface area contributed by atoms with E-state index in [1.165, 1.54) is 5.56 Å². The van der Waals surface area contributed by atoms with E-state index in [2.05, 4.69) is 51.1 Å². The van der Waals surface area contributed by atoms with Gasteiger partial charge in [0.1, 0.15) is 0 Å². The number of carbonyl (C=O) groups is 1. The minimum absolute atomic E-state index is 0.0927. The molecule has 3 nitrogen and oxygen atoms in total. The maximum Gasteiger partial charge on any atom is 0.233 e. The normalized spacial score (nSPS) is 11.3. The van der Waals surface area contributed by atoms with E-state index in [0.29, 0.717) is 18.7 Å². The minimum Gasteiger partial charge on any atom is -0.339 e. The third-order valence-electron chi connectivity index (χ3n) is 3.49. The molecule has 0 bridgehead atoms. The molecule has 0 aliphatic carbocycles. The average molecular weight is 318 g/mol. The van der Waals surface area contributed by atoms with Gasteiger partial charge in [0, 0.05) is 17.5 Å². The molecule has 1 aromatic rings. The van der Waals surface area contributed by atoms with E-state index in [1.54, 1.807) is 16.7 Å². The van der Waals surface area contributed by atoms with Crippen LogP contribution in [-0.4, -0.2) is 29.1 Å². The number of carbonyl (C=O) groups excluding carboxylic acids is 1. The van der Waals surface area contributed by atoms with Crippen molar-refractivity contribution in [2.45, 2.75) is 57.4 Å². The van der Waals surface area contributed by atoms with Gasteiger partial charge in [-0.1, -0.05) is 32.9 Å². The number of amides is 1. The molecule has 120 valence electrons. The summed E-state index contributed by atoms with van der Waals surface area (Å²) in [5.41, 5.74) is 1.44. The first-order chi connectivity index (χ1) is 10.3. The van der Waals surface area contributed by atoms with E-state index in [4.69, 9.17) is 5.26 Å². The predicted octanol–water partition coefficient (Wildman–Crippen LogP) is 4.23. The summed E-state index contributed by atoms with van der Waals surface area (Å²) in [4.78, 5) is 15.2. The lowest BCUT2D eigenvalue weighted by molar-refractivity contribution is -0.129. The van der Waals surface area contributed by atoms with Crippen molar-refractivity contribution in [3.05, 3.63) is 29.8 Å². The van der Waals surface area contributed by atoms with Crippen LogP contribution in [0.2, 0.25) is 0 Å². The Bertz CT molecular complexity index is 524. The monoisotopic (exact) mass is 318 g/mol. The molecule has 0 aliphatic heterocycles. The third-order valence-corrected chi connectivity index (χ3v) is 4.49. The lowest BCUT2D eigenvalue weighted by atomic mass is 9.87. The van der Waals surface area contributed by atoms with Gasteiger partial charge in [0.15, 0.2) is 0 Å². The highest BCUT2D eigenvalue weighted by Gasteiger charge is 2.17. The second-order valence-electron chi connectivity index (χ2n) is 6.65. The molecule has 0 spiro atoms. The molecule has 0 saturated carbocycles. The van der Waals surface area contributed by atoms with Gasteiger partial charge in [-0.05, 0) is 37.0 Å². The van der Waals surface area contributed by atoms with Crippen LogP contribution in [0.25, 0.3) is 0 Å². The van der Waals surface area contributed by atoms with Crippen LogP contribution in [0.4, 0.5) is 0 Å². The Morgan fingerprint density at radius 2 is 1.86 bits per heavy atom. The minimum atomic E-state index is 0.0927. The average Bonchev–Trinajstić information content (AvgIpc) is 2.44. The van der Waals surface area contributed by atoms with Gasteiger partial charge in [0.2, 0.25) is 5.91 Å². The Morgan fingerprint density at radius 3 is 2.32 bits per heavy atom. The van der Waals surface area contributed by atoms with E-state index >= 15 is 0 Å². The number of thioether (sulfide) groups is 1. The largest absolute Gasteiger partial charge is 0.339 e. The Balaban J connectivity index is 2.61. The van der Waals surface area contributed by atoms with Gasteiger partial charge >= 0.3 is 0 Å². The molecule has 0 atom stereocenters. The second-order valence-corrected chi connectivity index (χ2v) is 7.70. The summed E-state index contributed by atoms with van der Waals surface area (Å²) in [6.07, 6.45) is 0.384. The zero-order chi connectivity index (χ0) is 16.8. The number of hydrogen-bond donors (Lipinski definition) is 0. The van der Waals surface area contributed by atoms with Gasteiger partial charge in [-0.3, -0.25) is 4.79 Å². The van der Waals surface area contributed by atoms with Crippen LogP contribution < -0.4 is 0 Å². The van der Waals surface area contributed by atoms with Crippen LogP contribution >= 0.6 is 11.8 Å². The van der Waals surface area contributed by atoms with E-state index < -0.39 is 0 Å². The molecule has 1 rings (SSSR count). The Morgan fingerprint density at radius 1 is 1.27 bits per heavy atom. The molecule has 1 aromatic carbocycles.